The molecule has 0 aliphatic heterocycles. The van der Waals surface area contributed by atoms with E-state index in [1.807, 2.05) is 48.5 Å². The highest BCUT2D eigenvalue weighted by Crippen LogP contribution is 1.96. The zero-order valence-corrected chi connectivity index (χ0v) is 12.4. The average molecular weight is 279 g/mol. The Bertz CT molecular complexity index is 491. The molecule has 0 amide bonds. The maximum atomic E-state index is 9.63. The molecule has 2 aromatic rings. The van der Waals surface area contributed by atoms with Gasteiger partial charge < -0.3 is 5.73 Å². The van der Waals surface area contributed by atoms with Crippen LogP contribution in [0.4, 0.5) is 5.69 Å². The lowest BCUT2D eigenvalue weighted by molar-refractivity contribution is 0.607. The van der Waals surface area contributed by atoms with Crippen molar-refractivity contribution >= 4 is 15.5 Å². The van der Waals surface area contributed by atoms with Gasteiger partial charge in [-0.25, -0.2) is 8.42 Å². The molecule has 0 bridgehead atoms. The van der Waals surface area contributed by atoms with Crippen molar-refractivity contribution in [2.45, 2.75) is 6.92 Å². The molecule has 0 fully saturated rings. The Morgan fingerprint density at radius 3 is 1.26 bits per heavy atom. The molecule has 0 aromatic heterocycles. The first-order valence-corrected chi connectivity index (χ1v) is 8.06. The van der Waals surface area contributed by atoms with Crippen molar-refractivity contribution in [3.8, 4) is 0 Å². The molecule has 104 valence electrons. The van der Waals surface area contributed by atoms with Crippen LogP contribution in [0, 0.1) is 6.92 Å². The van der Waals surface area contributed by atoms with Crippen LogP contribution in [-0.2, 0) is 9.84 Å². The van der Waals surface area contributed by atoms with Gasteiger partial charge in [-0.1, -0.05) is 54.1 Å². The minimum absolute atomic E-state index is 0.822. The third kappa shape index (κ3) is 16.2. The number of anilines is 1. The topological polar surface area (TPSA) is 60.2 Å². The lowest BCUT2D eigenvalue weighted by Crippen LogP contribution is -1.86. The van der Waals surface area contributed by atoms with Crippen LogP contribution in [0.2, 0.25) is 0 Å². The highest BCUT2D eigenvalue weighted by Gasteiger charge is 1.79. The predicted molar refractivity (Wildman–Crippen MR) is 82.8 cm³/mol. The van der Waals surface area contributed by atoms with Gasteiger partial charge in [-0.3, -0.25) is 0 Å². The summed E-state index contributed by atoms with van der Waals surface area (Å²) in [5.74, 6) is 0. The number of nitrogen functional groups attached to an aromatic ring is 1. The van der Waals surface area contributed by atoms with E-state index < -0.39 is 9.84 Å². The summed E-state index contributed by atoms with van der Waals surface area (Å²) in [5.41, 5.74) is 7.50. The predicted octanol–water partition coefficient (Wildman–Crippen LogP) is 2.92. The fourth-order valence-electron chi connectivity index (χ4n) is 0.987. The van der Waals surface area contributed by atoms with E-state index in [9.17, 15) is 8.42 Å². The van der Waals surface area contributed by atoms with Crippen molar-refractivity contribution in [2.24, 2.45) is 0 Å². The zero-order chi connectivity index (χ0) is 14.7. The molecule has 0 heterocycles. The Morgan fingerprint density at radius 1 is 0.789 bits per heavy atom. The third-order valence-electron chi connectivity index (χ3n) is 1.74. The number of nitrogens with two attached hydrogens (primary N) is 1. The summed E-state index contributed by atoms with van der Waals surface area (Å²) in [7, 11) is -2.67. The summed E-state index contributed by atoms with van der Waals surface area (Å²) >= 11 is 0. The quantitative estimate of drug-likeness (QED) is 0.754. The SMILES string of the molecule is CS(C)(=O)=O.Cc1ccccc1.Nc1ccccc1. The van der Waals surface area contributed by atoms with Gasteiger partial charge in [0, 0.05) is 18.2 Å². The van der Waals surface area contributed by atoms with E-state index in [-0.39, 0.29) is 0 Å². The minimum atomic E-state index is -2.67. The van der Waals surface area contributed by atoms with Crippen molar-refractivity contribution in [1.29, 1.82) is 0 Å². The van der Waals surface area contributed by atoms with Crippen molar-refractivity contribution in [3.63, 3.8) is 0 Å². The average Bonchev–Trinajstić information content (AvgIpc) is 2.29. The van der Waals surface area contributed by atoms with E-state index in [1.165, 1.54) is 5.56 Å². The van der Waals surface area contributed by atoms with E-state index in [2.05, 4.69) is 19.1 Å². The Labute approximate surface area is 116 Å². The normalized spacial score (nSPS) is 9.42. The Morgan fingerprint density at radius 2 is 1.11 bits per heavy atom. The molecule has 0 aliphatic carbocycles. The van der Waals surface area contributed by atoms with Crippen LogP contribution in [-0.4, -0.2) is 20.9 Å². The summed E-state index contributed by atoms with van der Waals surface area (Å²) in [6.45, 7) is 2.08. The maximum absolute atomic E-state index is 9.63. The largest absolute Gasteiger partial charge is 0.399 e. The van der Waals surface area contributed by atoms with Crippen molar-refractivity contribution in [3.05, 3.63) is 66.2 Å². The van der Waals surface area contributed by atoms with Crippen LogP contribution >= 0.6 is 0 Å². The van der Waals surface area contributed by atoms with Gasteiger partial charge in [0.1, 0.15) is 9.84 Å². The van der Waals surface area contributed by atoms with Gasteiger partial charge in [0.25, 0.3) is 0 Å². The lowest BCUT2D eigenvalue weighted by atomic mass is 10.2. The van der Waals surface area contributed by atoms with Crippen LogP contribution in [0.1, 0.15) is 5.56 Å². The Balaban J connectivity index is 0.000000261. The highest BCUT2D eigenvalue weighted by molar-refractivity contribution is 7.89. The Kier molecular flexibility index (Phi) is 8.29. The zero-order valence-electron chi connectivity index (χ0n) is 11.6. The van der Waals surface area contributed by atoms with Gasteiger partial charge in [-0.05, 0) is 19.1 Å². The molecule has 0 atom stereocenters. The number of hydrogen-bond donors (Lipinski definition) is 1. The molecular weight excluding hydrogens is 258 g/mol. The number of benzene rings is 2. The van der Waals surface area contributed by atoms with Crippen molar-refractivity contribution in [2.75, 3.05) is 18.2 Å². The standard InChI is InChI=1S/C7H8.C6H7N.C2H6O2S/c1-7-5-3-2-4-6-7;7-6-4-2-1-3-5-6;1-5(2,3)4/h2-6H,1H3;1-5H,7H2;1-2H3. The number of aryl methyl sites for hydroxylation is 1. The molecule has 2 N–H and O–H groups in total. The number of hydrogen-bond acceptors (Lipinski definition) is 3. The summed E-state index contributed by atoms with van der Waals surface area (Å²) in [6, 6.07) is 19.7. The summed E-state index contributed by atoms with van der Waals surface area (Å²) < 4.78 is 19.3. The monoisotopic (exact) mass is 279 g/mol. The summed E-state index contributed by atoms with van der Waals surface area (Å²) in [6.07, 6.45) is 2.32. The molecule has 0 spiro atoms. The van der Waals surface area contributed by atoms with Crippen LogP contribution in [0.5, 0.6) is 0 Å². The molecule has 0 radical (unpaired) electrons. The van der Waals surface area contributed by atoms with E-state index >= 15 is 0 Å². The summed E-state index contributed by atoms with van der Waals surface area (Å²) in [4.78, 5) is 0. The van der Waals surface area contributed by atoms with Gasteiger partial charge in [-0.15, -0.1) is 0 Å². The van der Waals surface area contributed by atoms with Gasteiger partial charge in [0.05, 0.1) is 0 Å². The second-order valence-corrected chi connectivity index (χ2v) is 6.49. The second-order valence-electron chi connectivity index (χ2n) is 4.21. The van der Waals surface area contributed by atoms with Crippen molar-refractivity contribution < 1.29 is 8.42 Å². The van der Waals surface area contributed by atoms with Crippen LogP contribution in [0.25, 0.3) is 0 Å². The van der Waals surface area contributed by atoms with E-state index in [1.54, 1.807) is 0 Å². The first-order chi connectivity index (χ1) is 8.79. The molecule has 19 heavy (non-hydrogen) atoms. The fraction of sp³-hybridized carbons (Fsp3) is 0.200. The molecule has 0 saturated carbocycles. The maximum Gasteiger partial charge on any atom is 0.144 e. The fourth-order valence-corrected chi connectivity index (χ4v) is 0.987. The van der Waals surface area contributed by atoms with E-state index in [0.29, 0.717) is 0 Å². The van der Waals surface area contributed by atoms with Gasteiger partial charge in [0.15, 0.2) is 0 Å². The van der Waals surface area contributed by atoms with E-state index in [4.69, 9.17) is 5.73 Å². The molecule has 2 aromatic carbocycles. The Hall–Kier alpha value is -1.81. The molecule has 0 unspecified atom stereocenters. The molecule has 4 heteroatoms. The van der Waals surface area contributed by atoms with Gasteiger partial charge in [-0.2, -0.15) is 0 Å². The van der Waals surface area contributed by atoms with Gasteiger partial charge in [0.2, 0.25) is 0 Å². The number of para-hydroxylation sites is 1. The molecule has 3 nitrogen and oxygen atoms in total. The number of rotatable bonds is 0. The molecule has 0 saturated heterocycles. The summed E-state index contributed by atoms with van der Waals surface area (Å²) in [5, 5.41) is 0. The second kappa shape index (κ2) is 9.16. The van der Waals surface area contributed by atoms with Crippen LogP contribution in [0.15, 0.2) is 60.7 Å². The van der Waals surface area contributed by atoms with Crippen molar-refractivity contribution in [1.82, 2.24) is 0 Å². The minimum Gasteiger partial charge on any atom is -0.399 e. The molecular formula is C15H21NO2S. The first-order valence-electron chi connectivity index (χ1n) is 5.76. The third-order valence-corrected chi connectivity index (χ3v) is 1.74. The van der Waals surface area contributed by atoms with Gasteiger partial charge >= 0.3 is 0 Å². The highest BCUT2D eigenvalue weighted by atomic mass is 32.2. The number of sulfone groups is 1. The lowest BCUT2D eigenvalue weighted by Gasteiger charge is -1.83. The van der Waals surface area contributed by atoms with Crippen LogP contribution in [0.3, 0.4) is 0 Å². The first kappa shape index (κ1) is 17.2. The smallest absolute Gasteiger partial charge is 0.144 e. The van der Waals surface area contributed by atoms with Crippen LogP contribution < -0.4 is 5.73 Å². The van der Waals surface area contributed by atoms with E-state index in [0.717, 1.165) is 18.2 Å². The molecule has 0 aliphatic rings. The molecule has 2 rings (SSSR count).